The molecule has 0 fully saturated rings. The molecule has 1 aliphatic heterocycles. The minimum absolute atomic E-state index is 0.223. The van der Waals surface area contributed by atoms with Crippen molar-refractivity contribution in [2.24, 2.45) is 0 Å². The number of amides is 1. The van der Waals surface area contributed by atoms with E-state index in [4.69, 9.17) is 16.3 Å². The van der Waals surface area contributed by atoms with Gasteiger partial charge < -0.3 is 10.1 Å². The summed E-state index contributed by atoms with van der Waals surface area (Å²) >= 11 is 5.90. The van der Waals surface area contributed by atoms with Gasteiger partial charge in [0, 0.05) is 10.7 Å². The first-order valence-corrected chi connectivity index (χ1v) is 8.49. The molecule has 0 unspecified atom stereocenters. The van der Waals surface area contributed by atoms with Crippen LogP contribution in [0.1, 0.15) is 10.4 Å². The lowest BCUT2D eigenvalue weighted by molar-refractivity contribution is 0.102. The number of fused-ring (bicyclic) bond motifs is 2. The second-order valence-corrected chi connectivity index (χ2v) is 6.97. The average molecular weight is 339 g/mol. The summed E-state index contributed by atoms with van der Waals surface area (Å²) in [7, 11) is -3.43. The molecule has 0 aliphatic carbocycles. The number of nitrogens with one attached hydrogen (secondary N) is 2. The van der Waals surface area contributed by atoms with Crippen LogP contribution in [0.5, 0.6) is 11.5 Å². The molecule has 114 valence electrons. The Morgan fingerprint density at radius 3 is 2.59 bits per heavy atom. The van der Waals surface area contributed by atoms with Gasteiger partial charge in [-0.1, -0.05) is 11.6 Å². The number of benzene rings is 2. The molecule has 1 heterocycles. The van der Waals surface area contributed by atoms with Crippen LogP contribution in [0.25, 0.3) is 0 Å². The van der Waals surface area contributed by atoms with E-state index in [1.165, 1.54) is 18.2 Å². The number of carbonyl (C=O) groups is 1. The molecule has 6 nitrogen and oxygen atoms in total. The van der Waals surface area contributed by atoms with Gasteiger partial charge in [-0.2, -0.15) is 0 Å². The SMILES string of the molecule is CS(=O)(=O)Nc1ccc2c(c1)C(=O)Nc1cc(Cl)ccc1O2. The van der Waals surface area contributed by atoms with Gasteiger partial charge in [-0.05, 0) is 36.4 Å². The van der Waals surface area contributed by atoms with Gasteiger partial charge in [0.05, 0.1) is 17.5 Å². The molecule has 2 aromatic rings. The number of halogens is 1. The summed E-state index contributed by atoms with van der Waals surface area (Å²) in [6.45, 7) is 0. The third-order valence-corrected chi connectivity index (χ3v) is 3.78. The Morgan fingerprint density at radius 2 is 1.86 bits per heavy atom. The first-order chi connectivity index (χ1) is 10.3. The molecule has 3 rings (SSSR count). The lowest BCUT2D eigenvalue weighted by atomic mass is 10.1. The van der Waals surface area contributed by atoms with E-state index in [1.807, 2.05) is 0 Å². The fraction of sp³-hybridized carbons (Fsp3) is 0.0714. The van der Waals surface area contributed by atoms with Gasteiger partial charge in [-0.25, -0.2) is 8.42 Å². The average Bonchev–Trinajstić information content (AvgIpc) is 2.53. The third kappa shape index (κ3) is 3.00. The van der Waals surface area contributed by atoms with Crippen molar-refractivity contribution in [2.75, 3.05) is 16.3 Å². The van der Waals surface area contributed by atoms with Crippen molar-refractivity contribution >= 4 is 38.9 Å². The maximum absolute atomic E-state index is 12.3. The Morgan fingerprint density at radius 1 is 1.14 bits per heavy atom. The fourth-order valence-corrected chi connectivity index (χ4v) is 2.80. The molecule has 1 amide bonds. The third-order valence-electron chi connectivity index (χ3n) is 2.94. The van der Waals surface area contributed by atoms with E-state index in [1.54, 1.807) is 18.2 Å². The summed E-state index contributed by atoms with van der Waals surface area (Å²) < 4.78 is 30.6. The van der Waals surface area contributed by atoms with Gasteiger partial charge in [0.1, 0.15) is 5.75 Å². The summed E-state index contributed by atoms with van der Waals surface area (Å²) in [6.07, 6.45) is 1.03. The predicted octanol–water partition coefficient (Wildman–Crippen LogP) is 3.07. The Hall–Kier alpha value is -2.25. The highest BCUT2D eigenvalue weighted by Gasteiger charge is 2.21. The van der Waals surface area contributed by atoms with Gasteiger partial charge in [-0.15, -0.1) is 0 Å². The van der Waals surface area contributed by atoms with Crippen molar-refractivity contribution in [2.45, 2.75) is 0 Å². The number of rotatable bonds is 2. The topological polar surface area (TPSA) is 84.5 Å². The number of hydrogen-bond donors (Lipinski definition) is 2. The highest BCUT2D eigenvalue weighted by molar-refractivity contribution is 7.92. The van der Waals surface area contributed by atoms with E-state index in [-0.39, 0.29) is 11.3 Å². The maximum Gasteiger partial charge on any atom is 0.259 e. The van der Waals surface area contributed by atoms with Crippen LogP contribution in [0.2, 0.25) is 5.02 Å². The molecule has 2 N–H and O–H groups in total. The van der Waals surface area contributed by atoms with E-state index in [9.17, 15) is 13.2 Å². The van der Waals surface area contributed by atoms with Crippen molar-refractivity contribution in [3.63, 3.8) is 0 Å². The van der Waals surface area contributed by atoms with Crippen LogP contribution < -0.4 is 14.8 Å². The summed E-state index contributed by atoms with van der Waals surface area (Å²) in [5.74, 6) is 0.381. The zero-order valence-corrected chi connectivity index (χ0v) is 13.0. The number of sulfonamides is 1. The van der Waals surface area contributed by atoms with E-state index >= 15 is 0 Å². The molecular weight excluding hydrogens is 328 g/mol. The minimum Gasteiger partial charge on any atom is -0.454 e. The van der Waals surface area contributed by atoms with Crippen molar-refractivity contribution in [1.82, 2.24) is 0 Å². The van der Waals surface area contributed by atoms with Crippen molar-refractivity contribution < 1.29 is 17.9 Å². The normalized spacial score (nSPS) is 13.3. The summed E-state index contributed by atoms with van der Waals surface area (Å²) in [4.78, 5) is 12.3. The van der Waals surface area contributed by atoms with Crippen molar-refractivity contribution in [3.8, 4) is 11.5 Å². The summed E-state index contributed by atoms with van der Waals surface area (Å²) in [5.41, 5.74) is 0.955. The van der Waals surface area contributed by atoms with Crippen LogP contribution in [0.15, 0.2) is 36.4 Å². The van der Waals surface area contributed by atoms with E-state index < -0.39 is 15.9 Å². The minimum atomic E-state index is -3.43. The van der Waals surface area contributed by atoms with Gasteiger partial charge in [-0.3, -0.25) is 9.52 Å². The number of carbonyl (C=O) groups excluding carboxylic acids is 1. The van der Waals surface area contributed by atoms with Crippen molar-refractivity contribution in [1.29, 1.82) is 0 Å². The Bertz CT molecular complexity index is 880. The summed E-state index contributed by atoms with van der Waals surface area (Å²) in [6, 6.07) is 9.35. The molecule has 8 heteroatoms. The summed E-state index contributed by atoms with van der Waals surface area (Å²) in [5, 5.41) is 3.15. The Balaban J connectivity index is 2.04. The van der Waals surface area contributed by atoms with Crippen LogP contribution in [0.4, 0.5) is 11.4 Å². The van der Waals surface area contributed by atoms with Crippen LogP contribution in [0, 0.1) is 0 Å². The Kier molecular flexibility index (Phi) is 3.46. The number of anilines is 2. The molecule has 0 aromatic heterocycles. The lowest BCUT2D eigenvalue weighted by Gasteiger charge is -2.09. The molecule has 2 aromatic carbocycles. The van der Waals surface area contributed by atoms with Crippen LogP contribution in [-0.4, -0.2) is 20.6 Å². The predicted molar refractivity (Wildman–Crippen MR) is 84.4 cm³/mol. The van der Waals surface area contributed by atoms with Gasteiger partial charge in [0.15, 0.2) is 5.75 Å². The second kappa shape index (κ2) is 5.19. The van der Waals surface area contributed by atoms with Crippen LogP contribution in [0.3, 0.4) is 0 Å². The number of hydrogen-bond acceptors (Lipinski definition) is 4. The molecule has 1 aliphatic rings. The highest BCUT2D eigenvalue weighted by Crippen LogP contribution is 2.37. The fourth-order valence-electron chi connectivity index (χ4n) is 2.07. The van der Waals surface area contributed by atoms with E-state index in [0.29, 0.717) is 22.2 Å². The van der Waals surface area contributed by atoms with Gasteiger partial charge in [0.2, 0.25) is 10.0 Å². The molecule has 0 spiro atoms. The van der Waals surface area contributed by atoms with E-state index in [0.717, 1.165) is 6.26 Å². The molecule has 0 saturated heterocycles. The van der Waals surface area contributed by atoms with Gasteiger partial charge in [0.25, 0.3) is 5.91 Å². The van der Waals surface area contributed by atoms with Crippen LogP contribution in [-0.2, 0) is 10.0 Å². The molecule has 0 atom stereocenters. The van der Waals surface area contributed by atoms with Gasteiger partial charge >= 0.3 is 0 Å². The van der Waals surface area contributed by atoms with Crippen molar-refractivity contribution in [3.05, 3.63) is 47.0 Å². The molecule has 0 radical (unpaired) electrons. The standard InChI is InChI=1S/C14H11ClN2O4S/c1-22(19,20)17-9-3-5-12-10(7-9)14(18)16-11-6-8(15)2-4-13(11)21-12/h2-7,17H,1H3,(H,16,18). The number of ether oxygens (including phenoxy) is 1. The molecule has 22 heavy (non-hydrogen) atoms. The molecule has 0 saturated carbocycles. The second-order valence-electron chi connectivity index (χ2n) is 4.78. The monoisotopic (exact) mass is 338 g/mol. The first kappa shape index (κ1) is 14.7. The molecule has 0 bridgehead atoms. The maximum atomic E-state index is 12.3. The largest absolute Gasteiger partial charge is 0.454 e. The Labute approximate surface area is 132 Å². The zero-order chi connectivity index (χ0) is 15.9. The van der Waals surface area contributed by atoms with E-state index in [2.05, 4.69) is 10.0 Å². The lowest BCUT2D eigenvalue weighted by Crippen LogP contribution is -2.13. The smallest absolute Gasteiger partial charge is 0.259 e. The zero-order valence-electron chi connectivity index (χ0n) is 11.4. The first-order valence-electron chi connectivity index (χ1n) is 6.22. The van der Waals surface area contributed by atoms with Crippen LogP contribution >= 0.6 is 11.6 Å². The molecular formula is C14H11ClN2O4S. The quantitative estimate of drug-likeness (QED) is 0.881. The highest BCUT2D eigenvalue weighted by atomic mass is 35.5.